The number of hydrogen-bond acceptors (Lipinski definition) is 4. The molecule has 0 fully saturated rings. The van der Waals surface area contributed by atoms with Gasteiger partial charge in [0.05, 0.1) is 30.0 Å². The predicted octanol–water partition coefficient (Wildman–Crippen LogP) is 3.02. The fourth-order valence-corrected chi connectivity index (χ4v) is 3.36. The number of nitrogens with zero attached hydrogens (tertiary/aromatic N) is 3. The van der Waals surface area contributed by atoms with Crippen LogP contribution in [0.3, 0.4) is 0 Å². The van der Waals surface area contributed by atoms with Gasteiger partial charge in [-0.2, -0.15) is 5.10 Å². The molecule has 0 aliphatic heterocycles. The SMILES string of the molecule is CC(C)n1ncc2c(C(=O)NCc3ccco3)c3c(nc21)CCC3. The van der Waals surface area contributed by atoms with Gasteiger partial charge in [-0.25, -0.2) is 9.67 Å². The Morgan fingerprint density at radius 3 is 3.04 bits per heavy atom. The summed E-state index contributed by atoms with van der Waals surface area (Å²) in [5.74, 6) is 0.656. The molecule has 124 valence electrons. The Morgan fingerprint density at radius 1 is 1.42 bits per heavy atom. The first-order valence-corrected chi connectivity index (χ1v) is 8.34. The molecule has 0 saturated carbocycles. The third-order valence-corrected chi connectivity index (χ3v) is 4.49. The van der Waals surface area contributed by atoms with Crippen molar-refractivity contribution in [3.05, 3.63) is 47.2 Å². The van der Waals surface area contributed by atoms with Crippen LogP contribution in [0.5, 0.6) is 0 Å². The minimum Gasteiger partial charge on any atom is -0.467 e. The van der Waals surface area contributed by atoms with E-state index in [0.717, 1.165) is 52.9 Å². The summed E-state index contributed by atoms with van der Waals surface area (Å²) in [7, 11) is 0. The maximum absolute atomic E-state index is 12.9. The molecule has 3 heterocycles. The largest absolute Gasteiger partial charge is 0.467 e. The number of furan rings is 1. The molecule has 3 aromatic rings. The van der Waals surface area contributed by atoms with Gasteiger partial charge in [0.1, 0.15) is 5.76 Å². The maximum atomic E-state index is 12.9. The van der Waals surface area contributed by atoms with Crippen LogP contribution in [0, 0.1) is 0 Å². The highest BCUT2D eigenvalue weighted by atomic mass is 16.3. The van der Waals surface area contributed by atoms with Crippen molar-refractivity contribution in [2.75, 3.05) is 0 Å². The zero-order valence-electron chi connectivity index (χ0n) is 13.9. The standard InChI is InChI=1S/C18H20N4O2/c1-11(2)22-17-14(10-20-22)16(13-6-3-7-15(13)21-17)18(23)19-9-12-5-4-8-24-12/h4-5,8,10-11H,3,6-7,9H2,1-2H3,(H,19,23). The van der Waals surface area contributed by atoms with Crippen LogP contribution in [0.15, 0.2) is 29.0 Å². The summed E-state index contributed by atoms with van der Waals surface area (Å²) in [6, 6.07) is 3.87. The maximum Gasteiger partial charge on any atom is 0.252 e. The molecule has 0 aromatic carbocycles. The van der Waals surface area contributed by atoms with Crippen molar-refractivity contribution in [3.63, 3.8) is 0 Å². The van der Waals surface area contributed by atoms with Gasteiger partial charge in [0.25, 0.3) is 5.91 Å². The van der Waals surface area contributed by atoms with E-state index in [2.05, 4.69) is 24.3 Å². The van der Waals surface area contributed by atoms with Crippen molar-refractivity contribution in [1.29, 1.82) is 0 Å². The van der Waals surface area contributed by atoms with Gasteiger partial charge in [-0.15, -0.1) is 0 Å². The van der Waals surface area contributed by atoms with Gasteiger partial charge >= 0.3 is 0 Å². The zero-order chi connectivity index (χ0) is 16.7. The van der Waals surface area contributed by atoms with Crippen LogP contribution in [-0.4, -0.2) is 20.7 Å². The van der Waals surface area contributed by atoms with Crippen LogP contribution in [0.1, 0.15) is 53.7 Å². The molecule has 6 heteroatoms. The van der Waals surface area contributed by atoms with Crippen LogP contribution < -0.4 is 5.32 Å². The molecule has 1 aliphatic rings. The normalized spacial score (nSPS) is 13.6. The van der Waals surface area contributed by atoms with E-state index < -0.39 is 0 Å². The lowest BCUT2D eigenvalue weighted by molar-refractivity contribution is 0.0948. The Kier molecular flexibility index (Phi) is 3.59. The highest BCUT2D eigenvalue weighted by Gasteiger charge is 2.26. The number of rotatable bonds is 4. The number of nitrogens with one attached hydrogen (secondary N) is 1. The molecule has 24 heavy (non-hydrogen) atoms. The van der Waals surface area contributed by atoms with E-state index in [0.29, 0.717) is 6.54 Å². The zero-order valence-corrected chi connectivity index (χ0v) is 13.9. The monoisotopic (exact) mass is 324 g/mol. The van der Waals surface area contributed by atoms with Gasteiger partial charge in [-0.1, -0.05) is 0 Å². The third kappa shape index (κ3) is 2.38. The van der Waals surface area contributed by atoms with Gasteiger partial charge in [0.15, 0.2) is 5.65 Å². The first-order chi connectivity index (χ1) is 11.6. The number of hydrogen-bond donors (Lipinski definition) is 1. The molecular formula is C18H20N4O2. The summed E-state index contributed by atoms with van der Waals surface area (Å²) in [6.07, 6.45) is 6.24. The van der Waals surface area contributed by atoms with E-state index in [-0.39, 0.29) is 11.9 Å². The average Bonchev–Trinajstić information content (AvgIpc) is 3.29. The van der Waals surface area contributed by atoms with E-state index in [9.17, 15) is 4.79 Å². The van der Waals surface area contributed by atoms with E-state index >= 15 is 0 Å². The molecule has 1 aliphatic carbocycles. The number of carbonyl (C=O) groups excluding carboxylic acids is 1. The van der Waals surface area contributed by atoms with Crippen molar-refractivity contribution in [1.82, 2.24) is 20.1 Å². The Balaban J connectivity index is 1.77. The number of pyridine rings is 1. The smallest absolute Gasteiger partial charge is 0.252 e. The van der Waals surface area contributed by atoms with Crippen molar-refractivity contribution in [2.45, 2.75) is 45.7 Å². The molecule has 1 amide bonds. The second-order valence-corrected chi connectivity index (χ2v) is 6.45. The number of carbonyl (C=O) groups is 1. The minimum absolute atomic E-state index is 0.0831. The Hall–Kier alpha value is -2.63. The van der Waals surface area contributed by atoms with Crippen molar-refractivity contribution >= 4 is 16.9 Å². The molecule has 0 saturated heterocycles. The fraction of sp³-hybridized carbons (Fsp3) is 0.389. The quantitative estimate of drug-likeness (QED) is 0.800. The van der Waals surface area contributed by atoms with Crippen molar-refractivity contribution in [2.24, 2.45) is 0 Å². The molecule has 0 radical (unpaired) electrons. The second-order valence-electron chi connectivity index (χ2n) is 6.45. The van der Waals surface area contributed by atoms with Gasteiger partial charge in [-0.05, 0) is 50.8 Å². The highest BCUT2D eigenvalue weighted by Crippen LogP contribution is 2.30. The summed E-state index contributed by atoms with van der Waals surface area (Å²) in [5, 5.41) is 8.24. The molecule has 0 unspecified atom stereocenters. The Bertz CT molecular complexity index is 894. The predicted molar refractivity (Wildman–Crippen MR) is 89.8 cm³/mol. The molecular weight excluding hydrogens is 304 g/mol. The van der Waals surface area contributed by atoms with Gasteiger partial charge in [-0.3, -0.25) is 4.79 Å². The van der Waals surface area contributed by atoms with Gasteiger partial charge in [0, 0.05) is 11.7 Å². The number of fused-ring (bicyclic) bond motifs is 2. The Labute approximate surface area is 139 Å². The lowest BCUT2D eigenvalue weighted by atomic mass is 10.0. The van der Waals surface area contributed by atoms with Crippen molar-refractivity contribution in [3.8, 4) is 0 Å². The summed E-state index contributed by atoms with van der Waals surface area (Å²) in [5.41, 5.74) is 3.63. The van der Waals surface area contributed by atoms with E-state index in [1.165, 1.54) is 0 Å². The average molecular weight is 324 g/mol. The summed E-state index contributed by atoms with van der Waals surface area (Å²) in [4.78, 5) is 17.7. The first kappa shape index (κ1) is 14.9. The molecule has 3 aromatic heterocycles. The van der Waals surface area contributed by atoms with Gasteiger partial charge in [0.2, 0.25) is 0 Å². The van der Waals surface area contributed by atoms with Crippen LogP contribution >= 0.6 is 0 Å². The number of aromatic nitrogens is 3. The summed E-state index contributed by atoms with van der Waals surface area (Å²) >= 11 is 0. The molecule has 1 N–H and O–H groups in total. The number of aryl methyl sites for hydroxylation is 1. The summed E-state index contributed by atoms with van der Waals surface area (Å²) in [6.45, 7) is 4.51. The second kappa shape index (κ2) is 5.78. The topological polar surface area (TPSA) is 73.0 Å². The van der Waals surface area contributed by atoms with Crippen LogP contribution in [0.4, 0.5) is 0 Å². The van der Waals surface area contributed by atoms with Gasteiger partial charge < -0.3 is 9.73 Å². The van der Waals surface area contributed by atoms with E-state index in [4.69, 9.17) is 9.40 Å². The third-order valence-electron chi connectivity index (χ3n) is 4.49. The van der Waals surface area contributed by atoms with E-state index in [1.54, 1.807) is 12.5 Å². The number of amides is 1. The lowest BCUT2D eigenvalue weighted by Gasteiger charge is -2.12. The van der Waals surface area contributed by atoms with Crippen LogP contribution in [0.25, 0.3) is 11.0 Å². The van der Waals surface area contributed by atoms with Crippen LogP contribution in [0.2, 0.25) is 0 Å². The Morgan fingerprint density at radius 2 is 2.29 bits per heavy atom. The highest BCUT2D eigenvalue weighted by molar-refractivity contribution is 6.07. The lowest BCUT2D eigenvalue weighted by Crippen LogP contribution is -2.24. The molecule has 0 spiro atoms. The fourth-order valence-electron chi connectivity index (χ4n) is 3.36. The molecule has 6 nitrogen and oxygen atoms in total. The van der Waals surface area contributed by atoms with E-state index in [1.807, 2.05) is 16.8 Å². The molecule has 4 rings (SSSR count). The minimum atomic E-state index is -0.0831. The molecule has 0 bridgehead atoms. The van der Waals surface area contributed by atoms with Crippen LogP contribution in [-0.2, 0) is 19.4 Å². The summed E-state index contributed by atoms with van der Waals surface area (Å²) < 4.78 is 7.18. The first-order valence-electron chi connectivity index (χ1n) is 8.34. The molecule has 0 atom stereocenters. The van der Waals surface area contributed by atoms with Crippen molar-refractivity contribution < 1.29 is 9.21 Å².